The molecule has 0 saturated heterocycles. The Morgan fingerprint density at radius 3 is 2.13 bits per heavy atom. The first kappa shape index (κ1) is 21.2. The molecular formula is C25H20Cl2N2O2. The molecule has 0 bridgehead atoms. The maximum absolute atomic E-state index is 13.5. The van der Waals surface area contributed by atoms with Gasteiger partial charge in [0.05, 0.1) is 11.3 Å². The number of amides is 2. The van der Waals surface area contributed by atoms with Crippen molar-refractivity contribution in [3.8, 4) is 0 Å². The monoisotopic (exact) mass is 450 g/mol. The first-order valence-electron chi connectivity index (χ1n) is 9.75. The molecule has 4 nitrogen and oxygen atoms in total. The van der Waals surface area contributed by atoms with E-state index in [-0.39, 0.29) is 11.6 Å². The Morgan fingerprint density at radius 2 is 1.48 bits per heavy atom. The molecule has 3 aromatic rings. The Morgan fingerprint density at radius 1 is 0.774 bits per heavy atom. The summed E-state index contributed by atoms with van der Waals surface area (Å²) in [6, 6.07) is 18.0. The van der Waals surface area contributed by atoms with Crippen LogP contribution in [-0.2, 0) is 9.59 Å². The third-order valence-electron chi connectivity index (χ3n) is 5.27. The van der Waals surface area contributed by atoms with Gasteiger partial charge in [-0.1, -0.05) is 59.1 Å². The second-order valence-corrected chi connectivity index (χ2v) is 8.43. The number of nitrogens with one attached hydrogen (secondary N) is 1. The van der Waals surface area contributed by atoms with E-state index in [1.165, 1.54) is 4.90 Å². The highest BCUT2D eigenvalue weighted by atomic mass is 35.5. The fraction of sp³-hybridized carbons (Fsp3) is 0.120. The maximum atomic E-state index is 13.5. The predicted molar refractivity (Wildman–Crippen MR) is 127 cm³/mol. The van der Waals surface area contributed by atoms with Crippen LogP contribution in [0.25, 0.3) is 5.57 Å². The molecule has 4 rings (SSSR count). The highest BCUT2D eigenvalue weighted by molar-refractivity contribution is 6.46. The summed E-state index contributed by atoms with van der Waals surface area (Å²) in [4.78, 5) is 28.2. The van der Waals surface area contributed by atoms with Crippen LogP contribution in [0.2, 0.25) is 10.0 Å². The minimum Gasteiger partial charge on any atom is -0.350 e. The van der Waals surface area contributed by atoms with Gasteiger partial charge in [-0.15, -0.1) is 0 Å². The highest BCUT2D eigenvalue weighted by Gasteiger charge is 2.40. The van der Waals surface area contributed by atoms with Crippen molar-refractivity contribution < 1.29 is 9.59 Å². The van der Waals surface area contributed by atoms with Gasteiger partial charge in [-0.3, -0.25) is 9.59 Å². The summed E-state index contributed by atoms with van der Waals surface area (Å²) in [6.07, 6.45) is 0. The highest BCUT2D eigenvalue weighted by Crippen LogP contribution is 2.36. The van der Waals surface area contributed by atoms with Crippen LogP contribution < -0.4 is 10.2 Å². The van der Waals surface area contributed by atoms with Gasteiger partial charge in [-0.25, -0.2) is 4.90 Å². The van der Waals surface area contributed by atoms with Crippen molar-refractivity contribution in [3.05, 3.63) is 98.7 Å². The number of halogens is 2. The molecule has 0 unspecified atom stereocenters. The molecule has 0 atom stereocenters. The molecule has 0 aliphatic carbocycles. The molecule has 0 saturated carbocycles. The van der Waals surface area contributed by atoms with Gasteiger partial charge < -0.3 is 5.32 Å². The van der Waals surface area contributed by atoms with Crippen LogP contribution in [0.1, 0.15) is 22.3 Å². The molecule has 31 heavy (non-hydrogen) atoms. The SMILES string of the molecule is Cc1ccc(C2=C(Nc3ccc(C)c(Cl)c3)C(=O)N(c3ccc(Cl)cc3C)C2=O)cc1. The molecule has 1 heterocycles. The molecule has 2 amide bonds. The molecule has 156 valence electrons. The first-order chi connectivity index (χ1) is 14.8. The van der Waals surface area contributed by atoms with Gasteiger partial charge in [0.1, 0.15) is 5.70 Å². The van der Waals surface area contributed by atoms with Crippen molar-refractivity contribution in [2.24, 2.45) is 0 Å². The van der Waals surface area contributed by atoms with Gasteiger partial charge in [-0.2, -0.15) is 0 Å². The average molecular weight is 451 g/mol. The molecule has 1 aliphatic heterocycles. The minimum atomic E-state index is -0.428. The Bertz CT molecular complexity index is 1250. The maximum Gasteiger partial charge on any atom is 0.282 e. The van der Waals surface area contributed by atoms with Gasteiger partial charge >= 0.3 is 0 Å². The van der Waals surface area contributed by atoms with E-state index in [0.29, 0.717) is 32.6 Å². The zero-order valence-electron chi connectivity index (χ0n) is 17.3. The van der Waals surface area contributed by atoms with Gasteiger partial charge in [0.25, 0.3) is 11.8 Å². The van der Waals surface area contributed by atoms with Crippen molar-refractivity contribution >= 4 is 52.0 Å². The van der Waals surface area contributed by atoms with Gasteiger partial charge in [0.15, 0.2) is 0 Å². The number of rotatable bonds is 4. The number of nitrogens with zero attached hydrogens (tertiary/aromatic N) is 1. The van der Waals surface area contributed by atoms with Gasteiger partial charge in [-0.05, 0) is 67.8 Å². The lowest BCUT2D eigenvalue weighted by Crippen LogP contribution is -2.33. The molecule has 0 fully saturated rings. The third-order valence-corrected chi connectivity index (χ3v) is 5.91. The van der Waals surface area contributed by atoms with E-state index in [9.17, 15) is 9.59 Å². The molecule has 3 aromatic carbocycles. The van der Waals surface area contributed by atoms with Crippen molar-refractivity contribution in [1.82, 2.24) is 0 Å². The molecular weight excluding hydrogens is 431 g/mol. The van der Waals surface area contributed by atoms with Gasteiger partial charge in [0, 0.05) is 15.7 Å². The number of imide groups is 1. The molecule has 1 aliphatic rings. The fourth-order valence-electron chi connectivity index (χ4n) is 3.54. The summed E-state index contributed by atoms with van der Waals surface area (Å²) in [5.74, 6) is -0.817. The van der Waals surface area contributed by atoms with Crippen molar-refractivity contribution in [3.63, 3.8) is 0 Å². The topological polar surface area (TPSA) is 49.4 Å². The van der Waals surface area contributed by atoms with Crippen LogP contribution in [0.4, 0.5) is 11.4 Å². The van der Waals surface area contributed by atoms with Gasteiger partial charge in [0.2, 0.25) is 0 Å². The normalized spacial score (nSPS) is 13.9. The number of aryl methyl sites for hydroxylation is 3. The number of carbonyl (C=O) groups excluding carboxylic acids is 2. The zero-order valence-corrected chi connectivity index (χ0v) is 18.8. The second kappa shape index (κ2) is 8.22. The largest absolute Gasteiger partial charge is 0.350 e. The van der Waals surface area contributed by atoms with Crippen molar-refractivity contribution in [1.29, 1.82) is 0 Å². The van der Waals surface area contributed by atoms with Crippen LogP contribution >= 0.6 is 23.2 Å². The summed E-state index contributed by atoms with van der Waals surface area (Å²) in [5.41, 5.74) is 5.04. The average Bonchev–Trinajstić information content (AvgIpc) is 2.96. The van der Waals surface area contributed by atoms with Crippen LogP contribution in [0, 0.1) is 20.8 Å². The first-order valence-corrected chi connectivity index (χ1v) is 10.5. The zero-order chi connectivity index (χ0) is 22.3. The molecule has 6 heteroatoms. The lowest BCUT2D eigenvalue weighted by atomic mass is 10.0. The van der Waals surface area contributed by atoms with Crippen LogP contribution in [0.15, 0.2) is 66.4 Å². The fourth-order valence-corrected chi connectivity index (χ4v) is 3.94. The summed E-state index contributed by atoms with van der Waals surface area (Å²) in [5, 5.41) is 4.26. The van der Waals surface area contributed by atoms with E-state index in [1.807, 2.05) is 57.2 Å². The van der Waals surface area contributed by atoms with E-state index in [1.54, 1.807) is 24.3 Å². The molecule has 0 spiro atoms. The smallest absolute Gasteiger partial charge is 0.282 e. The number of hydrogen-bond acceptors (Lipinski definition) is 3. The second-order valence-electron chi connectivity index (χ2n) is 7.58. The summed E-state index contributed by atoms with van der Waals surface area (Å²) >= 11 is 12.3. The Hall–Kier alpha value is -3.08. The number of carbonyl (C=O) groups is 2. The summed E-state index contributed by atoms with van der Waals surface area (Å²) < 4.78 is 0. The lowest BCUT2D eigenvalue weighted by Gasteiger charge is -2.18. The van der Waals surface area contributed by atoms with E-state index >= 15 is 0 Å². The van der Waals surface area contributed by atoms with E-state index in [0.717, 1.165) is 16.7 Å². The van der Waals surface area contributed by atoms with E-state index in [4.69, 9.17) is 23.2 Å². The lowest BCUT2D eigenvalue weighted by molar-refractivity contribution is -0.120. The van der Waals surface area contributed by atoms with E-state index in [2.05, 4.69) is 5.32 Å². The predicted octanol–water partition coefficient (Wildman–Crippen LogP) is 6.32. The number of benzene rings is 3. The molecule has 0 aromatic heterocycles. The van der Waals surface area contributed by atoms with Crippen molar-refractivity contribution in [2.75, 3.05) is 10.2 Å². The Labute approximate surface area is 191 Å². The Balaban J connectivity index is 1.84. The van der Waals surface area contributed by atoms with Crippen LogP contribution in [0.3, 0.4) is 0 Å². The van der Waals surface area contributed by atoms with Crippen molar-refractivity contribution in [2.45, 2.75) is 20.8 Å². The third kappa shape index (κ3) is 3.97. The number of anilines is 2. The van der Waals surface area contributed by atoms with Crippen LogP contribution in [0.5, 0.6) is 0 Å². The molecule has 1 N–H and O–H groups in total. The number of hydrogen-bond donors (Lipinski definition) is 1. The minimum absolute atomic E-state index is 0.211. The summed E-state index contributed by atoms with van der Waals surface area (Å²) in [7, 11) is 0. The summed E-state index contributed by atoms with van der Waals surface area (Å²) in [6.45, 7) is 5.69. The van der Waals surface area contributed by atoms with Crippen LogP contribution in [-0.4, -0.2) is 11.8 Å². The standard InChI is InChI=1S/C25H20Cl2N2O2/c1-14-4-7-17(8-5-14)22-23(28-19-10-6-15(2)20(27)13-19)25(31)29(24(22)30)21-11-9-18(26)12-16(21)3/h4-13,28H,1-3H3. The van der Waals surface area contributed by atoms with E-state index < -0.39 is 5.91 Å². The Kier molecular flexibility index (Phi) is 5.61. The quantitative estimate of drug-likeness (QED) is 0.473. The molecule has 0 radical (unpaired) electrons.